The molecule has 0 aromatic heterocycles. The lowest BCUT2D eigenvalue weighted by Crippen LogP contribution is -2.46. The van der Waals surface area contributed by atoms with Crippen molar-refractivity contribution in [1.29, 1.82) is 0 Å². The summed E-state index contributed by atoms with van der Waals surface area (Å²) in [5.41, 5.74) is -0.971. The Bertz CT molecular complexity index is 1610. The number of anilines is 3. The van der Waals surface area contributed by atoms with Gasteiger partial charge in [-0.3, -0.25) is 14.5 Å². The Morgan fingerprint density at radius 1 is 1.07 bits per heavy atom. The van der Waals surface area contributed by atoms with Crippen LogP contribution in [-0.4, -0.2) is 35.6 Å². The minimum Gasteiger partial charge on any atom is -0.384 e. The van der Waals surface area contributed by atoms with Crippen molar-refractivity contribution in [3.8, 4) is 0 Å². The molecule has 4 N–H and O–H groups in total. The molecule has 0 fully saturated rings. The van der Waals surface area contributed by atoms with E-state index in [1.165, 1.54) is 24.0 Å². The van der Waals surface area contributed by atoms with Gasteiger partial charge in [-0.15, -0.1) is 0 Å². The summed E-state index contributed by atoms with van der Waals surface area (Å²) in [5, 5.41) is 17.5. The molecule has 2 heterocycles. The van der Waals surface area contributed by atoms with Gasteiger partial charge in [-0.1, -0.05) is 11.6 Å². The Morgan fingerprint density at radius 3 is 2.49 bits per heavy atom. The van der Waals surface area contributed by atoms with Crippen molar-refractivity contribution < 1.29 is 41.4 Å². The van der Waals surface area contributed by atoms with Crippen molar-refractivity contribution in [2.45, 2.75) is 31.7 Å². The van der Waals surface area contributed by atoms with E-state index in [4.69, 9.17) is 11.6 Å². The number of nitrogens with zero attached hydrogens (tertiary/aromatic N) is 1. The van der Waals surface area contributed by atoms with Gasteiger partial charge in [-0.2, -0.15) is 13.2 Å². The van der Waals surface area contributed by atoms with Crippen LogP contribution in [-0.2, 0) is 17.4 Å². The van der Waals surface area contributed by atoms with Gasteiger partial charge in [0, 0.05) is 39.5 Å². The Hall–Kier alpha value is -4.23. The normalized spacial score (nSPS) is 16.6. The average Bonchev–Trinajstić information content (AvgIpc) is 3.34. The highest BCUT2D eigenvalue weighted by Gasteiger charge is 2.41. The molecule has 0 bridgehead atoms. The number of hydrogen-bond acceptors (Lipinski definition) is 4. The third kappa shape index (κ3) is 5.30. The molecule has 0 aliphatic carbocycles. The number of aliphatic hydroxyl groups is 1. The van der Waals surface area contributed by atoms with Crippen LogP contribution in [0.25, 0.3) is 0 Å². The summed E-state index contributed by atoms with van der Waals surface area (Å²) in [6, 6.07) is 4.38. The van der Waals surface area contributed by atoms with Gasteiger partial charge in [0.25, 0.3) is 11.8 Å². The molecule has 214 valence electrons. The molecule has 0 spiro atoms. The zero-order valence-corrected chi connectivity index (χ0v) is 21.8. The molecule has 14 heteroatoms. The van der Waals surface area contributed by atoms with Crippen molar-refractivity contribution in [1.82, 2.24) is 5.32 Å². The number of amides is 4. The van der Waals surface area contributed by atoms with Gasteiger partial charge in [-0.25, -0.2) is 13.6 Å². The Labute approximate surface area is 234 Å². The van der Waals surface area contributed by atoms with Gasteiger partial charge in [0.2, 0.25) is 0 Å². The molecule has 2 atom stereocenters. The summed E-state index contributed by atoms with van der Waals surface area (Å²) in [6.07, 6.45) is -6.11. The van der Waals surface area contributed by atoms with E-state index in [0.29, 0.717) is 17.7 Å². The molecular formula is C27H20ClF5N4O4. The molecule has 3 aromatic carbocycles. The molecule has 2 aliphatic rings. The predicted octanol–water partition coefficient (Wildman–Crippen LogP) is 5.38. The summed E-state index contributed by atoms with van der Waals surface area (Å²) >= 11 is 6.35. The number of benzene rings is 3. The van der Waals surface area contributed by atoms with Crippen molar-refractivity contribution >= 4 is 46.5 Å². The van der Waals surface area contributed by atoms with Crippen LogP contribution in [0.1, 0.15) is 45.6 Å². The SMILES string of the molecule is C[C@@H](O)C(=O)Nc1cc(NC(=O)c2cc(F)cc(C(F)(F)F)c2)c2c3c1CCN3C(=O)NC2c1cc(F)ccc1Cl. The van der Waals surface area contributed by atoms with E-state index in [1.54, 1.807) is 0 Å². The van der Waals surface area contributed by atoms with Crippen LogP contribution in [0.15, 0.2) is 42.5 Å². The van der Waals surface area contributed by atoms with Gasteiger partial charge in [0.05, 0.1) is 23.0 Å². The molecule has 1 unspecified atom stereocenters. The van der Waals surface area contributed by atoms with Crippen molar-refractivity contribution in [2.24, 2.45) is 0 Å². The summed E-state index contributed by atoms with van der Waals surface area (Å²) in [7, 11) is 0. The summed E-state index contributed by atoms with van der Waals surface area (Å²) in [4.78, 5) is 40.0. The van der Waals surface area contributed by atoms with Gasteiger partial charge >= 0.3 is 12.2 Å². The van der Waals surface area contributed by atoms with Crippen molar-refractivity contribution in [2.75, 3.05) is 22.1 Å². The van der Waals surface area contributed by atoms with Crippen LogP contribution in [0.4, 0.5) is 43.8 Å². The van der Waals surface area contributed by atoms with Crippen LogP contribution < -0.4 is 20.9 Å². The highest BCUT2D eigenvalue weighted by molar-refractivity contribution is 6.31. The van der Waals surface area contributed by atoms with Gasteiger partial charge in [0.15, 0.2) is 0 Å². The van der Waals surface area contributed by atoms with Gasteiger partial charge in [-0.05, 0) is 55.8 Å². The third-order valence-corrected chi connectivity index (χ3v) is 7.09. The second kappa shape index (κ2) is 10.3. The fourth-order valence-corrected chi connectivity index (χ4v) is 5.12. The quantitative estimate of drug-likeness (QED) is 0.297. The fourth-order valence-electron chi connectivity index (χ4n) is 4.89. The lowest BCUT2D eigenvalue weighted by molar-refractivity contribution is -0.137. The largest absolute Gasteiger partial charge is 0.416 e. The summed E-state index contributed by atoms with van der Waals surface area (Å²) in [5.74, 6) is -3.91. The van der Waals surface area contributed by atoms with Crippen LogP contribution in [0.3, 0.4) is 0 Å². The first-order valence-corrected chi connectivity index (χ1v) is 12.5. The number of rotatable bonds is 5. The number of halogens is 6. The number of carbonyl (C=O) groups is 3. The Kier molecular flexibility index (Phi) is 7.12. The van der Waals surface area contributed by atoms with Crippen molar-refractivity contribution in [3.05, 3.63) is 86.9 Å². The fraction of sp³-hybridized carbons (Fsp3) is 0.222. The van der Waals surface area contributed by atoms with E-state index in [1.807, 2.05) is 0 Å². The van der Waals surface area contributed by atoms with Gasteiger partial charge < -0.3 is 21.1 Å². The second-order valence-corrected chi connectivity index (χ2v) is 9.92. The highest BCUT2D eigenvalue weighted by atomic mass is 35.5. The molecule has 41 heavy (non-hydrogen) atoms. The third-order valence-electron chi connectivity index (χ3n) is 6.74. The molecule has 0 saturated carbocycles. The number of nitrogens with one attached hydrogen (secondary N) is 3. The van der Waals surface area contributed by atoms with Crippen molar-refractivity contribution in [3.63, 3.8) is 0 Å². The lowest BCUT2D eigenvalue weighted by Gasteiger charge is -2.35. The zero-order chi connectivity index (χ0) is 29.8. The van der Waals surface area contributed by atoms with Crippen LogP contribution in [0.5, 0.6) is 0 Å². The first kappa shape index (κ1) is 28.3. The van der Waals surface area contributed by atoms with Crippen LogP contribution >= 0.6 is 11.6 Å². The molecule has 5 rings (SSSR count). The maximum absolute atomic E-state index is 14.3. The highest BCUT2D eigenvalue weighted by Crippen LogP contribution is 2.49. The average molecular weight is 595 g/mol. The summed E-state index contributed by atoms with van der Waals surface area (Å²) < 4.78 is 68.2. The Balaban J connectivity index is 1.70. The van der Waals surface area contributed by atoms with E-state index in [2.05, 4.69) is 16.0 Å². The number of carbonyl (C=O) groups excluding carboxylic acids is 3. The molecule has 3 aromatic rings. The van der Waals surface area contributed by atoms with E-state index in [9.17, 15) is 41.4 Å². The minimum atomic E-state index is -4.93. The first-order chi connectivity index (χ1) is 19.2. The standard InChI is InChI=1S/C27H20ClF5N4O4/c1-11(38)24(39)34-19-10-20(35-25(40)12-6-13(27(31,32)33)8-15(30)7-12)21-22(17-9-14(29)2-3-18(17)28)36-26(41)37-5-4-16(19)23(21)37/h2-3,6-11,22,38H,4-5H2,1H3,(H,34,39)(H,35,40)(H,36,41)/t11-,22?/m1/s1. The smallest absolute Gasteiger partial charge is 0.384 e. The molecule has 4 amide bonds. The molecule has 0 saturated heterocycles. The monoisotopic (exact) mass is 594 g/mol. The maximum atomic E-state index is 14.3. The van der Waals surface area contributed by atoms with E-state index in [-0.39, 0.29) is 52.2 Å². The number of urea groups is 1. The van der Waals surface area contributed by atoms with E-state index >= 15 is 0 Å². The number of alkyl halides is 3. The molecule has 0 radical (unpaired) electrons. The second-order valence-electron chi connectivity index (χ2n) is 9.51. The first-order valence-electron chi connectivity index (χ1n) is 12.2. The summed E-state index contributed by atoms with van der Waals surface area (Å²) in [6.45, 7) is 1.38. The van der Waals surface area contributed by atoms with E-state index < -0.39 is 58.9 Å². The van der Waals surface area contributed by atoms with Crippen LogP contribution in [0, 0.1) is 11.6 Å². The maximum Gasteiger partial charge on any atom is 0.416 e. The zero-order valence-electron chi connectivity index (χ0n) is 21.0. The predicted molar refractivity (Wildman–Crippen MR) is 139 cm³/mol. The minimum absolute atomic E-state index is 0.0700. The molecule has 2 aliphatic heterocycles. The number of hydrogen-bond donors (Lipinski definition) is 4. The molecular weight excluding hydrogens is 575 g/mol. The van der Waals surface area contributed by atoms with E-state index in [0.717, 1.165) is 12.1 Å². The van der Waals surface area contributed by atoms with Crippen LogP contribution in [0.2, 0.25) is 5.02 Å². The number of aliphatic hydroxyl groups excluding tert-OH is 1. The molecule has 8 nitrogen and oxygen atoms in total. The van der Waals surface area contributed by atoms with Gasteiger partial charge in [0.1, 0.15) is 17.7 Å². The topological polar surface area (TPSA) is 111 Å². The Morgan fingerprint density at radius 2 is 1.80 bits per heavy atom. The lowest BCUT2D eigenvalue weighted by atomic mass is 9.90.